The number of hydrogen-bond acceptors (Lipinski definition) is 1. The molecule has 0 aromatic rings. The van der Waals surface area contributed by atoms with Gasteiger partial charge in [0, 0.05) is 0 Å². The second kappa shape index (κ2) is 2.46. The lowest BCUT2D eigenvalue weighted by Gasteiger charge is -2.08. The van der Waals surface area contributed by atoms with Gasteiger partial charge in [-0.15, -0.1) is 0 Å². The third-order valence-electron chi connectivity index (χ3n) is 0.575. The average molecular weight is 114 g/mol. The van der Waals surface area contributed by atoms with E-state index >= 15 is 0 Å². The summed E-state index contributed by atoms with van der Waals surface area (Å²) < 4.78 is 0. The summed E-state index contributed by atoms with van der Waals surface area (Å²) in [7, 11) is 2.14. The van der Waals surface area contributed by atoms with Crippen molar-refractivity contribution in [2.45, 2.75) is 19.2 Å². The van der Waals surface area contributed by atoms with E-state index in [0.717, 1.165) is 0 Å². The highest BCUT2D eigenvalue weighted by Gasteiger charge is 2.01. The van der Waals surface area contributed by atoms with Crippen LogP contribution in [-0.2, 0) is 0 Å². The highest BCUT2D eigenvalue weighted by atomic mass is 32.1. The van der Waals surface area contributed by atoms with Crippen LogP contribution in [0.5, 0.6) is 0 Å². The topological polar surface area (TPSA) is 0 Å². The first-order valence-electron chi connectivity index (χ1n) is 2.38. The van der Waals surface area contributed by atoms with Crippen LogP contribution in [0.3, 0.4) is 0 Å². The summed E-state index contributed by atoms with van der Waals surface area (Å²) in [5.74, 6) is 0. The van der Waals surface area contributed by atoms with Crippen LogP contribution in [0.2, 0.25) is 5.31 Å². The molecule has 40 valence electrons. The van der Waals surface area contributed by atoms with Gasteiger partial charge in [0.1, 0.15) is 7.85 Å². The molecule has 0 bridgehead atoms. The molecule has 0 nitrogen and oxygen atoms in total. The normalized spacial score (nSPS) is 13.0. The minimum Gasteiger partial charge on any atom is -0.152 e. The monoisotopic (exact) mass is 114 g/mol. The fraction of sp³-hybridized carbons (Fsp3) is 0.600. The fourth-order valence-electron chi connectivity index (χ4n) is 0.224. The molecule has 0 saturated heterocycles. The Balaban J connectivity index is 3.56. The molecule has 0 spiro atoms. The summed E-state index contributed by atoms with van der Waals surface area (Å²) in [6.45, 7) is 4.28. The van der Waals surface area contributed by atoms with Gasteiger partial charge in [0.05, 0.1) is 0 Å². The van der Waals surface area contributed by atoms with Crippen molar-refractivity contribution in [2.24, 2.45) is 0 Å². The first kappa shape index (κ1) is 7.15. The van der Waals surface area contributed by atoms with Crippen molar-refractivity contribution in [3.8, 4) is 0 Å². The minimum absolute atomic E-state index is 0.293. The van der Waals surface area contributed by atoms with E-state index in [9.17, 15) is 0 Å². The van der Waals surface area contributed by atoms with E-state index in [2.05, 4.69) is 40.4 Å². The molecule has 0 fully saturated rings. The maximum Gasteiger partial charge on any atom is 0.113 e. The van der Waals surface area contributed by atoms with Gasteiger partial charge in [-0.25, -0.2) is 0 Å². The van der Waals surface area contributed by atoms with Gasteiger partial charge in [0.15, 0.2) is 0 Å². The van der Waals surface area contributed by atoms with Crippen LogP contribution in [0.15, 0.2) is 11.5 Å². The van der Waals surface area contributed by atoms with Gasteiger partial charge < -0.3 is 0 Å². The molecule has 0 aliphatic carbocycles. The Labute approximate surface area is 51.8 Å². The van der Waals surface area contributed by atoms with E-state index in [0.29, 0.717) is 5.31 Å². The second-order valence-corrected chi connectivity index (χ2v) is 2.98. The summed E-state index contributed by atoms with van der Waals surface area (Å²) >= 11 is 3.93. The zero-order valence-corrected chi connectivity index (χ0v) is 6.00. The highest BCUT2D eigenvalue weighted by Crippen LogP contribution is 2.19. The van der Waals surface area contributed by atoms with E-state index in [1.54, 1.807) is 5.41 Å². The van der Waals surface area contributed by atoms with E-state index in [1.807, 2.05) is 0 Å². The standard InChI is InChI=1S/C5H11BS/c1-5(2,6)3-4-7/h3-4,7H,6H2,1-2H3/b4-3+. The fourth-order valence-corrected chi connectivity index (χ4v) is 0.671. The Morgan fingerprint density at radius 3 is 2.00 bits per heavy atom. The number of thiol groups is 1. The summed E-state index contributed by atoms with van der Waals surface area (Å²) in [5, 5.41) is 2.07. The first-order valence-corrected chi connectivity index (χ1v) is 2.90. The zero-order valence-electron chi connectivity index (χ0n) is 5.10. The minimum atomic E-state index is 0.293. The van der Waals surface area contributed by atoms with Crippen molar-refractivity contribution in [2.75, 3.05) is 0 Å². The first-order chi connectivity index (χ1) is 3.06. The van der Waals surface area contributed by atoms with Crippen LogP contribution in [-0.4, -0.2) is 7.85 Å². The van der Waals surface area contributed by atoms with E-state index in [-0.39, 0.29) is 0 Å². The summed E-state index contributed by atoms with van der Waals surface area (Å²) in [4.78, 5) is 0. The van der Waals surface area contributed by atoms with Crippen LogP contribution < -0.4 is 0 Å². The van der Waals surface area contributed by atoms with E-state index in [1.165, 1.54) is 0 Å². The van der Waals surface area contributed by atoms with Crippen LogP contribution in [0, 0.1) is 0 Å². The largest absolute Gasteiger partial charge is 0.152 e. The molecule has 0 radical (unpaired) electrons. The lowest BCUT2D eigenvalue weighted by molar-refractivity contribution is 0.863. The van der Waals surface area contributed by atoms with Crippen molar-refractivity contribution >= 4 is 20.5 Å². The number of hydrogen-bond donors (Lipinski definition) is 1. The molecule has 0 unspecified atom stereocenters. The Morgan fingerprint density at radius 1 is 1.57 bits per heavy atom. The molecule has 0 amide bonds. The number of rotatable bonds is 1. The Morgan fingerprint density at radius 2 is 2.00 bits per heavy atom. The summed E-state index contributed by atoms with van der Waals surface area (Å²) in [5.41, 5.74) is 0. The third kappa shape index (κ3) is 6.15. The molecule has 0 rings (SSSR count). The van der Waals surface area contributed by atoms with E-state index in [4.69, 9.17) is 0 Å². The predicted molar refractivity (Wildman–Crippen MR) is 40.7 cm³/mol. The van der Waals surface area contributed by atoms with Gasteiger partial charge in [-0.3, -0.25) is 0 Å². The molecular formula is C5H11BS. The molecule has 0 saturated carbocycles. The van der Waals surface area contributed by atoms with Gasteiger partial charge in [0.2, 0.25) is 0 Å². The molecule has 0 aromatic heterocycles. The molecule has 2 heteroatoms. The molecule has 7 heavy (non-hydrogen) atoms. The van der Waals surface area contributed by atoms with Crippen molar-refractivity contribution in [3.05, 3.63) is 11.5 Å². The maximum absolute atomic E-state index is 3.93. The third-order valence-corrected chi connectivity index (χ3v) is 0.724. The Bertz CT molecular complexity index is 70.6. The van der Waals surface area contributed by atoms with Gasteiger partial charge >= 0.3 is 0 Å². The van der Waals surface area contributed by atoms with Gasteiger partial charge in [-0.05, 0) is 10.7 Å². The predicted octanol–water partition coefficient (Wildman–Crippen LogP) is 1.26. The molecule has 0 atom stereocenters. The smallest absolute Gasteiger partial charge is 0.113 e. The summed E-state index contributed by atoms with van der Waals surface area (Å²) in [6.07, 6.45) is 2.05. The van der Waals surface area contributed by atoms with Crippen molar-refractivity contribution in [1.29, 1.82) is 0 Å². The molecule has 0 aliphatic heterocycles. The molecule has 0 N–H and O–H groups in total. The molecular weight excluding hydrogens is 103 g/mol. The lowest BCUT2D eigenvalue weighted by Crippen LogP contribution is -1.94. The SMILES string of the molecule is BC(C)(C)/C=C/S. The summed E-state index contributed by atoms with van der Waals surface area (Å²) in [6, 6.07) is 0. The van der Waals surface area contributed by atoms with Crippen molar-refractivity contribution < 1.29 is 0 Å². The van der Waals surface area contributed by atoms with Crippen LogP contribution in [0.1, 0.15) is 13.8 Å². The Kier molecular flexibility index (Phi) is 2.51. The maximum atomic E-state index is 3.93. The van der Waals surface area contributed by atoms with Crippen molar-refractivity contribution in [1.82, 2.24) is 0 Å². The second-order valence-electron chi connectivity index (χ2n) is 2.68. The molecule has 0 aromatic carbocycles. The average Bonchev–Trinajstić information content (AvgIpc) is 1.30. The number of allylic oxidation sites excluding steroid dienone is 1. The van der Waals surface area contributed by atoms with Crippen LogP contribution >= 0.6 is 12.6 Å². The highest BCUT2D eigenvalue weighted by molar-refractivity contribution is 7.83. The molecule has 0 aliphatic rings. The van der Waals surface area contributed by atoms with E-state index < -0.39 is 0 Å². The van der Waals surface area contributed by atoms with Crippen LogP contribution in [0.25, 0.3) is 0 Å². The van der Waals surface area contributed by atoms with Crippen LogP contribution in [0.4, 0.5) is 0 Å². The quantitative estimate of drug-likeness (QED) is 0.385. The van der Waals surface area contributed by atoms with Gasteiger partial charge in [0.25, 0.3) is 0 Å². The Hall–Kier alpha value is 0.155. The van der Waals surface area contributed by atoms with Crippen molar-refractivity contribution in [3.63, 3.8) is 0 Å². The lowest BCUT2D eigenvalue weighted by atomic mass is 9.73. The van der Waals surface area contributed by atoms with Gasteiger partial charge in [-0.2, -0.15) is 12.6 Å². The molecule has 0 heterocycles. The van der Waals surface area contributed by atoms with Gasteiger partial charge in [-0.1, -0.05) is 19.9 Å². The zero-order chi connectivity index (χ0) is 5.91.